The Balaban J connectivity index is 3.27. The summed E-state index contributed by atoms with van der Waals surface area (Å²) in [6.45, 7) is 3.99. The molecule has 0 bridgehead atoms. The highest BCUT2D eigenvalue weighted by Gasteiger charge is 2.26. The van der Waals surface area contributed by atoms with Crippen LogP contribution in [0.25, 0.3) is 0 Å². The molecule has 0 aliphatic carbocycles. The first-order chi connectivity index (χ1) is 10.3. The van der Waals surface area contributed by atoms with Crippen molar-refractivity contribution in [2.24, 2.45) is 5.92 Å². The Morgan fingerprint density at radius 3 is 2.50 bits per heavy atom. The van der Waals surface area contributed by atoms with E-state index in [0.717, 1.165) is 12.1 Å². The van der Waals surface area contributed by atoms with Crippen LogP contribution >= 0.6 is 24.2 Å². The number of nitro benzene ring substituents is 2. The normalized spacial score (nSPS) is 10.1. The van der Waals surface area contributed by atoms with Crippen molar-refractivity contribution in [1.29, 1.82) is 5.26 Å². The number of hydrogen-bond acceptors (Lipinski definition) is 7. The topological polar surface area (TPSA) is 122 Å². The van der Waals surface area contributed by atoms with Crippen LogP contribution in [0.3, 0.4) is 0 Å². The van der Waals surface area contributed by atoms with Crippen LogP contribution in [0.4, 0.5) is 11.4 Å². The minimum Gasteiger partial charge on any atom is -0.320 e. The van der Waals surface area contributed by atoms with E-state index in [0.29, 0.717) is 11.7 Å². The summed E-state index contributed by atoms with van der Waals surface area (Å²) in [7, 11) is 0. The summed E-state index contributed by atoms with van der Waals surface area (Å²) in [6.07, 6.45) is 0. The van der Waals surface area contributed by atoms with E-state index in [-0.39, 0.29) is 16.1 Å². The van der Waals surface area contributed by atoms with Gasteiger partial charge in [0, 0.05) is 11.8 Å². The molecule has 10 heteroatoms. The van der Waals surface area contributed by atoms with E-state index < -0.39 is 21.2 Å². The first-order valence-corrected chi connectivity index (χ1v) is 7.46. The van der Waals surface area contributed by atoms with E-state index in [9.17, 15) is 20.2 Å². The zero-order chi connectivity index (χ0) is 16.9. The molecule has 0 atom stereocenters. The maximum absolute atomic E-state index is 11.1. The Bertz CT molecular complexity index is 670. The first-order valence-electron chi connectivity index (χ1n) is 6.07. The van der Waals surface area contributed by atoms with Gasteiger partial charge < -0.3 is 4.72 Å². The van der Waals surface area contributed by atoms with Crippen molar-refractivity contribution in [3.05, 3.63) is 43.5 Å². The third kappa shape index (κ3) is 4.37. The van der Waals surface area contributed by atoms with E-state index in [1.807, 2.05) is 13.8 Å². The average Bonchev–Trinajstić information content (AvgIpc) is 2.44. The van der Waals surface area contributed by atoms with Gasteiger partial charge in [-0.1, -0.05) is 38.0 Å². The van der Waals surface area contributed by atoms with Crippen molar-refractivity contribution < 1.29 is 9.85 Å². The van der Waals surface area contributed by atoms with E-state index in [1.54, 1.807) is 6.07 Å². The lowest BCUT2D eigenvalue weighted by Gasteiger charge is -2.10. The molecule has 0 aliphatic rings. The van der Waals surface area contributed by atoms with Gasteiger partial charge in [0.1, 0.15) is 16.6 Å². The number of nitrogens with one attached hydrogen (secondary N) is 1. The Morgan fingerprint density at radius 1 is 1.41 bits per heavy atom. The SMILES string of the molecule is CC(C)CSNC(=S)c1c(C#N)cc([N+](=O)[O-])cc1[N+](=O)[O-]. The highest BCUT2D eigenvalue weighted by Crippen LogP contribution is 2.29. The van der Waals surface area contributed by atoms with Crippen LogP contribution in [0.1, 0.15) is 25.0 Å². The Labute approximate surface area is 135 Å². The first kappa shape index (κ1) is 17.8. The molecule has 0 saturated carbocycles. The summed E-state index contributed by atoms with van der Waals surface area (Å²) in [4.78, 5) is 20.3. The Hall–Kier alpha value is -2.25. The van der Waals surface area contributed by atoms with Gasteiger partial charge in [0.2, 0.25) is 0 Å². The van der Waals surface area contributed by atoms with Gasteiger partial charge in [0.25, 0.3) is 11.4 Å². The van der Waals surface area contributed by atoms with Gasteiger partial charge >= 0.3 is 0 Å². The van der Waals surface area contributed by atoms with Gasteiger partial charge in [-0.25, -0.2) is 0 Å². The van der Waals surface area contributed by atoms with Gasteiger partial charge in [-0.05, 0) is 5.92 Å². The van der Waals surface area contributed by atoms with Crippen molar-refractivity contribution >= 4 is 40.5 Å². The molecule has 0 unspecified atom stereocenters. The summed E-state index contributed by atoms with van der Waals surface area (Å²) >= 11 is 6.34. The fourth-order valence-corrected chi connectivity index (χ4v) is 2.55. The van der Waals surface area contributed by atoms with Gasteiger partial charge in [-0.15, -0.1) is 0 Å². The van der Waals surface area contributed by atoms with Crippen LogP contribution in [-0.4, -0.2) is 20.6 Å². The fourth-order valence-electron chi connectivity index (χ4n) is 1.51. The van der Waals surface area contributed by atoms with E-state index >= 15 is 0 Å². The van der Waals surface area contributed by atoms with Crippen molar-refractivity contribution in [3.8, 4) is 6.07 Å². The van der Waals surface area contributed by atoms with Crippen molar-refractivity contribution in [3.63, 3.8) is 0 Å². The molecule has 0 aliphatic heterocycles. The second-order valence-electron chi connectivity index (χ2n) is 4.65. The van der Waals surface area contributed by atoms with Crippen LogP contribution in [0.5, 0.6) is 0 Å². The molecule has 0 saturated heterocycles. The molecule has 1 aromatic carbocycles. The fraction of sp³-hybridized carbons (Fsp3) is 0.333. The summed E-state index contributed by atoms with van der Waals surface area (Å²) in [5, 5.41) is 31.0. The number of benzene rings is 1. The van der Waals surface area contributed by atoms with Gasteiger partial charge in [-0.3, -0.25) is 20.2 Å². The molecular weight excluding hydrogens is 328 g/mol. The van der Waals surface area contributed by atoms with Crippen LogP contribution in [-0.2, 0) is 0 Å². The number of nitriles is 1. The predicted molar refractivity (Wildman–Crippen MR) is 86.6 cm³/mol. The lowest BCUT2D eigenvalue weighted by atomic mass is 10.1. The molecule has 0 radical (unpaired) electrons. The Morgan fingerprint density at radius 2 is 2.05 bits per heavy atom. The predicted octanol–water partition coefficient (Wildman–Crippen LogP) is 2.94. The van der Waals surface area contributed by atoms with Crippen LogP contribution in [0.15, 0.2) is 12.1 Å². The third-order valence-electron chi connectivity index (χ3n) is 2.44. The quantitative estimate of drug-likeness (QED) is 0.363. The molecule has 0 aromatic heterocycles. The maximum Gasteiger partial charge on any atom is 0.287 e. The molecule has 0 fully saturated rings. The van der Waals surface area contributed by atoms with Gasteiger partial charge in [-0.2, -0.15) is 5.26 Å². The molecule has 1 rings (SSSR count). The third-order valence-corrected chi connectivity index (χ3v) is 4.06. The van der Waals surface area contributed by atoms with Crippen LogP contribution in [0.2, 0.25) is 0 Å². The zero-order valence-electron chi connectivity index (χ0n) is 11.7. The maximum atomic E-state index is 11.1. The number of nitrogens with zero attached hydrogens (tertiary/aromatic N) is 3. The monoisotopic (exact) mass is 340 g/mol. The lowest BCUT2D eigenvalue weighted by Crippen LogP contribution is -2.19. The number of nitro groups is 2. The Kier molecular flexibility index (Phi) is 6.21. The number of rotatable bonds is 6. The molecular formula is C12H12N4O4S2. The minimum atomic E-state index is -0.790. The van der Waals surface area contributed by atoms with E-state index in [1.165, 1.54) is 11.9 Å². The van der Waals surface area contributed by atoms with Crippen LogP contribution < -0.4 is 4.72 Å². The number of non-ortho nitro benzene ring substituents is 1. The number of thiocarbonyl (C=S) groups is 1. The molecule has 0 spiro atoms. The number of hydrogen-bond donors (Lipinski definition) is 1. The van der Waals surface area contributed by atoms with E-state index in [2.05, 4.69) is 4.72 Å². The standard InChI is InChI=1S/C12H12N4O4S2/c1-7(2)6-22-14-12(21)11-8(5-13)3-9(15(17)18)4-10(11)16(19)20/h3-4,7H,6H2,1-2H3,(H,14,21). The van der Waals surface area contributed by atoms with Crippen LogP contribution in [0, 0.1) is 37.5 Å². The summed E-state index contributed by atoms with van der Waals surface area (Å²) in [5.41, 5.74) is -1.40. The smallest absolute Gasteiger partial charge is 0.287 e. The zero-order valence-corrected chi connectivity index (χ0v) is 13.4. The van der Waals surface area contributed by atoms with Gasteiger partial charge in [0.15, 0.2) is 0 Å². The summed E-state index contributed by atoms with van der Waals surface area (Å²) < 4.78 is 2.77. The molecule has 1 aromatic rings. The molecule has 1 N–H and O–H groups in total. The van der Waals surface area contributed by atoms with Gasteiger partial charge in [0.05, 0.1) is 21.5 Å². The molecule has 8 nitrogen and oxygen atoms in total. The highest BCUT2D eigenvalue weighted by molar-refractivity contribution is 7.99. The molecule has 116 valence electrons. The average molecular weight is 340 g/mol. The molecule has 0 amide bonds. The summed E-state index contributed by atoms with van der Waals surface area (Å²) in [5.74, 6) is 1.09. The molecule has 22 heavy (non-hydrogen) atoms. The largest absolute Gasteiger partial charge is 0.320 e. The second-order valence-corrected chi connectivity index (χ2v) is 5.88. The van der Waals surface area contributed by atoms with Crippen molar-refractivity contribution in [2.75, 3.05) is 5.75 Å². The summed E-state index contributed by atoms with van der Waals surface area (Å²) in [6, 6.07) is 3.50. The van der Waals surface area contributed by atoms with Crippen molar-refractivity contribution in [1.82, 2.24) is 4.72 Å². The minimum absolute atomic E-state index is 0.00352. The lowest BCUT2D eigenvalue weighted by molar-refractivity contribution is -0.394. The molecule has 0 heterocycles. The van der Waals surface area contributed by atoms with E-state index in [4.69, 9.17) is 17.5 Å². The second kappa shape index (κ2) is 7.67. The van der Waals surface area contributed by atoms with Crippen molar-refractivity contribution in [2.45, 2.75) is 13.8 Å². The highest BCUT2D eigenvalue weighted by atomic mass is 32.2.